The van der Waals surface area contributed by atoms with Gasteiger partial charge in [0.15, 0.2) is 0 Å². The van der Waals surface area contributed by atoms with Gasteiger partial charge in [-0.25, -0.2) is 4.98 Å². The fourth-order valence-electron chi connectivity index (χ4n) is 0.215. The van der Waals surface area contributed by atoms with Gasteiger partial charge in [0.1, 0.15) is 5.78 Å². The van der Waals surface area contributed by atoms with E-state index < -0.39 is 0 Å². The number of nitrogens with zero attached hydrogens (tertiary/aromatic N) is 1. The highest BCUT2D eigenvalue weighted by atomic mass is 16.1. The highest BCUT2D eigenvalue weighted by Gasteiger charge is 1.62. The molecule has 0 fully saturated rings. The Bertz CT molecular complexity index is 126. The maximum absolute atomic E-state index is 9.44. The molecule has 0 unspecified atom stereocenters. The van der Waals surface area contributed by atoms with Gasteiger partial charge in [0.25, 0.3) is 0 Å². The second-order valence-electron chi connectivity index (χ2n) is 1.67. The molecule has 0 saturated heterocycles. The summed E-state index contributed by atoms with van der Waals surface area (Å²) in [5.74, 6) is 0.167. The van der Waals surface area contributed by atoms with Gasteiger partial charge in [0.2, 0.25) is 0 Å². The Hall–Kier alpha value is -1.12. The topological polar surface area (TPSA) is 45.8 Å². The number of imidazole rings is 1. The minimum absolute atomic E-state index is 0.167. The number of H-pyrrole nitrogens is 1. The fraction of sp³-hybridized carbons (Fsp3) is 0.500. The average Bonchev–Trinajstić information content (AvgIpc) is 2.44. The molecule has 3 nitrogen and oxygen atoms in total. The van der Waals surface area contributed by atoms with Gasteiger partial charge < -0.3 is 9.78 Å². The molecule has 64 valence electrons. The molecule has 1 N–H and O–H groups in total. The third kappa shape index (κ3) is 27.9. The number of Topliss-reactive ketones (excluding diaryl/α,β-unsaturated/α-hetero) is 1. The summed E-state index contributed by atoms with van der Waals surface area (Å²) in [5.41, 5.74) is 0. The number of rotatable bonds is 0. The molecule has 0 aliphatic carbocycles. The normalized spacial score (nSPS) is 6.55. The first-order valence-electron chi connectivity index (χ1n) is 3.63. The molecule has 3 heteroatoms. The number of ketones is 1. The second kappa shape index (κ2) is 11.6. The van der Waals surface area contributed by atoms with Crippen molar-refractivity contribution in [2.45, 2.75) is 27.7 Å². The van der Waals surface area contributed by atoms with Gasteiger partial charge in [-0.3, -0.25) is 0 Å². The van der Waals surface area contributed by atoms with Crippen molar-refractivity contribution in [3.63, 3.8) is 0 Å². The van der Waals surface area contributed by atoms with Crippen LogP contribution in [0.4, 0.5) is 0 Å². The molecule has 1 aromatic rings. The molecule has 0 atom stereocenters. The quantitative estimate of drug-likeness (QED) is 0.624. The number of hydrogen-bond donors (Lipinski definition) is 1. The predicted molar refractivity (Wildman–Crippen MR) is 46.3 cm³/mol. The summed E-state index contributed by atoms with van der Waals surface area (Å²) >= 11 is 0. The van der Waals surface area contributed by atoms with E-state index >= 15 is 0 Å². The summed E-state index contributed by atoms with van der Waals surface area (Å²) in [7, 11) is 0. The smallest absolute Gasteiger partial charge is 0.126 e. The van der Waals surface area contributed by atoms with Crippen molar-refractivity contribution in [2.75, 3.05) is 0 Å². The van der Waals surface area contributed by atoms with E-state index in [1.54, 1.807) is 18.7 Å². The third-order valence-electron chi connectivity index (χ3n) is 0.406. The zero-order valence-corrected chi connectivity index (χ0v) is 7.59. The van der Waals surface area contributed by atoms with Crippen LogP contribution in [-0.4, -0.2) is 15.8 Å². The monoisotopic (exact) mass is 156 g/mol. The lowest BCUT2D eigenvalue weighted by molar-refractivity contribution is -0.114. The van der Waals surface area contributed by atoms with Crippen LogP contribution in [0.1, 0.15) is 27.7 Å². The molecule has 0 saturated carbocycles. The van der Waals surface area contributed by atoms with Crippen molar-refractivity contribution in [3.8, 4) is 0 Å². The van der Waals surface area contributed by atoms with Crippen LogP contribution in [0, 0.1) is 0 Å². The summed E-state index contributed by atoms with van der Waals surface area (Å²) in [6.07, 6.45) is 5.08. The molecule has 0 spiro atoms. The Kier molecular flexibility index (Phi) is 13.3. The molecule has 0 aliphatic heterocycles. The van der Waals surface area contributed by atoms with Crippen molar-refractivity contribution in [3.05, 3.63) is 18.7 Å². The summed E-state index contributed by atoms with van der Waals surface area (Å²) < 4.78 is 0. The lowest BCUT2D eigenvalue weighted by Crippen LogP contribution is -1.69. The summed E-state index contributed by atoms with van der Waals surface area (Å²) in [4.78, 5) is 15.9. The first-order chi connectivity index (χ1) is 5.23. The molecular weight excluding hydrogens is 140 g/mol. The maximum atomic E-state index is 9.44. The van der Waals surface area contributed by atoms with Gasteiger partial charge in [-0.1, -0.05) is 13.8 Å². The Morgan fingerprint density at radius 3 is 1.91 bits per heavy atom. The highest BCUT2D eigenvalue weighted by Crippen LogP contribution is 1.62. The fourth-order valence-corrected chi connectivity index (χ4v) is 0.215. The van der Waals surface area contributed by atoms with Crippen molar-refractivity contribution < 1.29 is 4.79 Å². The van der Waals surface area contributed by atoms with Gasteiger partial charge >= 0.3 is 0 Å². The zero-order valence-electron chi connectivity index (χ0n) is 7.59. The van der Waals surface area contributed by atoms with Gasteiger partial charge in [-0.15, -0.1) is 0 Å². The van der Waals surface area contributed by atoms with Crippen molar-refractivity contribution in [1.29, 1.82) is 0 Å². The third-order valence-corrected chi connectivity index (χ3v) is 0.406. The molecule has 0 radical (unpaired) electrons. The SMILES string of the molecule is CC.CC(C)=O.c1c[nH]cn1. The van der Waals surface area contributed by atoms with E-state index in [4.69, 9.17) is 0 Å². The Morgan fingerprint density at radius 2 is 1.82 bits per heavy atom. The van der Waals surface area contributed by atoms with Crippen LogP contribution >= 0.6 is 0 Å². The van der Waals surface area contributed by atoms with Crippen LogP contribution in [0.25, 0.3) is 0 Å². The second-order valence-corrected chi connectivity index (χ2v) is 1.67. The van der Waals surface area contributed by atoms with E-state index in [2.05, 4.69) is 9.97 Å². The molecule has 11 heavy (non-hydrogen) atoms. The average molecular weight is 156 g/mol. The first kappa shape index (κ1) is 12.5. The first-order valence-corrected chi connectivity index (χ1v) is 3.63. The van der Waals surface area contributed by atoms with Crippen LogP contribution in [0.2, 0.25) is 0 Å². The number of hydrogen-bond acceptors (Lipinski definition) is 2. The minimum Gasteiger partial charge on any atom is -0.351 e. The standard InChI is InChI=1S/C3H4N2.C3H6O.C2H6/c1-2-5-3-4-1;1-3(2)4;1-2/h1-3H,(H,4,5);1-2H3;1-2H3. The molecule has 0 amide bonds. The molecular formula is C8H16N2O. The number of carbonyl (C=O) groups is 1. The minimum atomic E-state index is 0.167. The lowest BCUT2D eigenvalue weighted by Gasteiger charge is -1.56. The predicted octanol–water partition coefficient (Wildman–Crippen LogP) is 2.03. The largest absolute Gasteiger partial charge is 0.351 e. The molecule has 0 aliphatic rings. The van der Waals surface area contributed by atoms with Crippen LogP contribution in [0.3, 0.4) is 0 Å². The summed E-state index contributed by atoms with van der Waals surface area (Å²) in [6.45, 7) is 7.06. The number of carbonyl (C=O) groups excluding carboxylic acids is 1. The Labute approximate surface area is 67.9 Å². The van der Waals surface area contributed by atoms with Gasteiger partial charge in [-0.05, 0) is 13.8 Å². The van der Waals surface area contributed by atoms with Gasteiger partial charge in [-0.2, -0.15) is 0 Å². The van der Waals surface area contributed by atoms with Crippen LogP contribution in [0.15, 0.2) is 18.7 Å². The Balaban J connectivity index is 0. The highest BCUT2D eigenvalue weighted by molar-refractivity contribution is 5.72. The zero-order chi connectivity index (χ0) is 9.11. The molecule has 1 rings (SSSR count). The van der Waals surface area contributed by atoms with E-state index in [9.17, 15) is 4.79 Å². The molecule has 1 aromatic heterocycles. The van der Waals surface area contributed by atoms with Gasteiger partial charge in [0, 0.05) is 12.4 Å². The summed E-state index contributed by atoms with van der Waals surface area (Å²) in [6, 6.07) is 0. The van der Waals surface area contributed by atoms with Crippen molar-refractivity contribution >= 4 is 5.78 Å². The lowest BCUT2D eigenvalue weighted by atomic mass is 10.6. The number of aromatic nitrogens is 2. The number of aromatic amines is 1. The van der Waals surface area contributed by atoms with Crippen LogP contribution < -0.4 is 0 Å². The van der Waals surface area contributed by atoms with E-state index in [1.165, 1.54) is 13.8 Å². The molecule has 0 aromatic carbocycles. The van der Waals surface area contributed by atoms with E-state index in [-0.39, 0.29) is 5.78 Å². The molecule has 0 bridgehead atoms. The van der Waals surface area contributed by atoms with E-state index in [1.807, 2.05) is 13.8 Å². The van der Waals surface area contributed by atoms with E-state index in [0.717, 1.165) is 0 Å². The molecule has 1 heterocycles. The van der Waals surface area contributed by atoms with Crippen molar-refractivity contribution in [2.24, 2.45) is 0 Å². The van der Waals surface area contributed by atoms with Crippen LogP contribution in [0.5, 0.6) is 0 Å². The number of nitrogens with one attached hydrogen (secondary N) is 1. The van der Waals surface area contributed by atoms with Crippen LogP contribution in [-0.2, 0) is 4.79 Å². The van der Waals surface area contributed by atoms with Gasteiger partial charge in [0.05, 0.1) is 6.33 Å². The summed E-state index contributed by atoms with van der Waals surface area (Å²) in [5, 5.41) is 0. The maximum Gasteiger partial charge on any atom is 0.126 e. The Morgan fingerprint density at radius 1 is 1.36 bits per heavy atom. The van der Waals surface area contributed by atoms with E-state index in [0.29, 0.717) is 0 Å². The van der Waals surface area contributed by atoms with Crippen molar-refractivity contribution in [1.82, 2.24) is 9.97 Å².